The largest absolute Gasteiger partial charge is 0.508 e. The van der Waals surface area contributed by atoms with Gasteiger partial charge in [0.25, 0.3) is 5.91 Å². The third-order valence-electron chi connectivity index (χ3n) is 8.07. The first-order valence-corrected chi connectivity index (χ1v) is 12.0. The van der Waals surface area contributed by atoms with Crippen LogP contribution in [0.5, 0.6) is 5.75 Å². The van der Waals surface area contributed by atoms with Gasteiger partial charge in [0.05, 0.1) is 29.3 Å². The summed E-state index contributed by atoms with van der Waals surface area (Å²) in [4.78, 5) is 44.8. The van der Waals surface area contributed by atoms with Crippen molar-refractivity contribution in [3.8, 4) is 17.0 Å². The van der Waals surface area contributed by atoms with Gasteiger partial charge < -0.3 is 31.3 Å². The van der Waals surface area contributed by atoms with Gasteiger partial charge in [-0.15, -0.1) is 0 Å². The molecule has 2 aromatic rings. The average molecular weight is 522 g/mol. The number of carbonyl (C=O) groups is 3. The molecule has 6 atom stereocenters. The second-order valence-corrected chi connectivity index (χ2v) is 10.2. The van der Waals surface area contributed by atoms with Gasteiger partial charge >= 0.3 is 0 Å². The average Bonchev–Trinajstić information content (AvgIpc) is 2.86. The fourth-order valence-corrected chi connectivity index (χ4v) is 6.35. The van der Waals surface area contributed by atoms with E-state index < -0.39 is 75.6 Å². The zero-order chi connectivity index (χ0) is 27.8. The minimum atomic E-state index is -2.95. The highest BCUT2D eigenvalue weighted by Gasteiger charge is 2.68. The molecular formula is C27H27N3O8. The molecule has 7 N–H and O–H groups in total. The first-order valence-electron chi connectivity index (χ1n) is 12.0. The molecule has 0 unspecified atom stereocenters. The SMILES string of the molecule is C[C@H]1c2ccc(-c3ccccn3)c(O)c2C(O)=C2C(=O)[C@]3(O)C(O)=C(C(N)=O)C(=O)[C@@H](N(C)C)[C@@H]3[C@@H](O)[C@@H]21. The van der Waals surface area contributed by atoms with Crippen molar-refractivity contribution in [3.05, 3.63) is 64.6 Å². The van der Waals surface area contributed by atoms with Gasteiger partial charge in [-0.05, 0) is 43.8 Å². The number of pyridine rings is 1. The van der Waals surface area contributed by atoms with E-state index in [2.05, 4.69) is 4.98 Å². The number of aliphatic hydroxyl groups is 4. The fourth-order valence-electron chi connectivity index (χ4n) is 6.35. The standard InChI is InChI=1S/C27H27N3O8/c1-10-11-7-8-12(13-6-4-5-9-29-13)20(31)15(11)21(32)16-14(10)22(33)18-19(30(2)3)23(34)17(26(28)37)25(36)27(18,38)24(16)35/h4-10,14,18-19,22,31-33,36,38H,1-3H3,(H2,28,37)/t10-,14+,18+,19-,22-,27-/m0/s1. The number of rotatable bonds is 3. The molecule has 0 saturated heterocycles. The van der Waals surface area contributed by atoms with Crippen LogP contribution in [0.1, 0.15) is 24.0 Å². The molecule has 1 aromatic heterocycles. The fraction of sp³-hybridized carbons (Fsp3) is 0.333. The van der Waals surface area contributed by atoms with Gasteiger partial charge in [0.2, 0.25) is 5.78 Å². The lowest BCUT2D eigenvalue weighted by Gasteiger charge is -2.53. The Labute approximate surface area is 217 Å². The van der Waals surface area contributed by atoms with Crippen LogP contribution < -0.4 is 5.73 Å². The highest BCUT2D eigenvalue weighted by Crippen LogP contribution is 2.56. The van der Waals surface area contributed by atoms with Gasteiger partial charge in [-0.25, -0.2) is 0 Å². The van der Waals surface area contributed by atoms with Gasteiger partial charge in [0.1, 0.15) is 22.8 Å². The molecule has 11 nitrogen and oxygen atoms in total. The number of carbonyl (C=O) groups excluding carboxylic acids is 3. The number of ketones is 2. The van der Waals surface area contributed by atoms with E-state index in [4.69, 9.17) is 5.73 Å². The topological polar surface area (TPSA) is 195 Å². The Morgan fingerprint density at radius 2 is 1.79 bits per heavy atom. The number of aliphatic hydroxyl groups excluding tert-OH is 3. The predicted molar refractivity (Wildman–Crippen MR) is 134 cm³/mol. The molecule has 5 rings (SSSR count). The summed E-state index contributed by atoms with van der Waals surface area (Å²) >= 11 is 0. The number of amides is 1. The third kappa shape index (κ3) is 3.12. The van der Waals surface area contributed by atoms with E-state index in [9.17, 15) is 39.9 Å². The molecule has 3 aliphatic rings. The lowest BCUT2D eigenvalue weighted by molar-refractivity contribution is -0.169. The second-order valence-electron chi connectivity index (χ2n) is 10.2. The van der Waals surface area contributed by atoms with Crippen LogP contribution >= 0.6 is 0 Å². The lowest BCUT2D eigenvalue weighted by Crippen LogP contribution is -2.70. The number of hydrogen-bond acceptors (Lipinski definition) is 10. The molecule has 1 heterocycles. The smallest absolute Gasteiger partial charge is 0.255 e. The van der Waals surface area contributed by atoms with E-state index in [1.807, 2.05) is 0 Å². The van der Waals surface area contributed by atoms with Crippen molar-refractivity contribution < 1.29 is 39.9 Å². The maximum absolute atomic E-state index is 14.0. The number of primary amides is 1. The number of nitrogens with two attached hydrogens (primary N) is 1. The summed E-state index contributed by atoms with van der Waals surface area (Å²) in [5, 5.41) is 56.9. The molecule has 1 amide bonds. The molecule has 1 saturated carbocycles. The molecule has 38 heavy (non-hydrogen) atoms. The van der Waals surface area contributed by atoms with Gasteiger partial charge in [0, 0.05) is 23.3 Å². The van der Waals surface area contributed by atoms with E-state index in [1.54, 1.807) is 37.3 Å². The minimum Gasteiger partial charge on any atom is -0.508 e. The second kappa shape index (κ2) is 8.48. The maximum Gasteiger partial charge on any atom is 0.255 e. The number of aromatic nitrogens is 1. The van der Waals surface area contributed by atoms with E-state index in [0.717, 1.165) is 0 Å². The van der Waals surface area contributed by atoms with Gasteiger partial charge in [-0.3, -0.25) is 24.3 Å². The number of likely N-dealkylation sites (N-methyl/N-ethyl adjacent to an activating group) is 1. The van der Waals surface area contributed by atoms with Crippen molar-refractivity contribution in [2.24, 2.45) is 17.6 Å². The molecule has 1 fully saturated rings. The van der Waals surface area contributed by atoms with E-state index >= 15 is 0 Å². The zero-order valence-electron chi connectivity index (χ0n) is 20.8. The number of phenols is 1. The Morgan fingerprint density at radius 3 is 2.37 bits per heavy atom. The molecule has 0 radical (unpaired) electrons. The van der Waals surface area contributed by atoms with Crippen LogP contribution in [-0.4, -0.2) is 84.7 Å². The summed E-state index contributed by atoms with van der Waals surface area (Å²) in [6.45, 7) is 1.68. The molecule has 198 valence electrons. The van der Waals surface area contributed by atoms with Crippen molar-refractivity contribution in [2.45, 2.75) is 30.6 Å². The van der Waals surface area contributed by atoms with E-state index in [0.29, 0.717) is 11.3 Å². The number of nitrogens with zero attached hydrogens (tertiary/aromatic N) is 2. The Hall–Kier alpha value is -4.06. The monoisotopic (exact) mass is 521 g/mol. The number of Topliss-reactive ketones (excluding diaryl/α,β-unsaturated/α-hetero) is 2. The van der Waals surface area contributed by atoms with Gasteiger partial charge in [-0.2, -0.15) is 0 Å². The first-order chi connectivity index (χ1) is 17.8. The highest BCUT2D eigenvalue weighted by molar-refractivity contribution is 6.24. The maximum atomic E-state index is 14.0. The summed E-state index contributed by atoms with van der Waals surface area (Å²) < 4.78 is 0. The van der Waals surface area contributed by atoms with Crippen LogP contribution in [0.2, 0.25) is 0 Å². The van der Waals surface area contributed by atoms with Gasteiger partial charge in [-0.1, -0.05) is 19.1 Å². The van der Waals surface area contributed by atoms with Crippen molar-refractivity contribution in [1.29, 1.82) is 0 Å². The predicted octanol–water partition coefficient (Wildman–Crippen LogP) is 0.558. The minimum absolute atomic E-state index is 0.0795. The summed E-state index contributed by atoms with van der Waals surface area (Å²) in [6, 6.07) is 6.92. The van der Waals surface area contributed by atoms with Crippen molar-refractivity contribution in [3.63, 3.8) is 0 Å². The number of benzene rings is 1. The molecule has 0 bridgehead atoms. The number of fused-ring (bicyclic) bond motifs is 3. The van der Waals surface area contributed by atoms with E-state index in [-0.39, 0.29) is 16.9 Å². The number of phenolic OH excluding ortho intramolecular Hbond substituents is 1. The van der Waals surface area contributed by atoms with Crippen LogP contribution in [0.4, 0.5) is 0 Å². The Bertz CT molecular complexity index is 1460. The molecular weight excluding hydrogens is 494 g/mol. The van der Waals surface area contributed by atoms with Gasteiger partial charge in [0.15, 0.2) is 11.4 Å². The summed E-state index contributed by atoms with van der Waals surface area (Å²) in [7, 11) is 2.92. The zero-order valence-corrected chi connectivity index (χ0v) is 20.8. The summed E-state index contributed by atoms with van der Waals surface area (Å²) in [5.41, 5.74) is 2.01. The Morgan fingerprint density at radius 1 is 1.11 bits per heavy atom. The quantitative estimate of drug-likeness (QED) is 0.311. The number of aromatic hydroxyl groups is 1. The van der Waals surface area contributed by atoms with Crippen molar-refractivity contribution in [2.75, 3.05) is 14.1 Å². The molecule has 0 aliphatic heterocycles. The van der Waals surface area contributed by atoms with Crippen LogP contribution in [-0.2, 0) is 14.4 Å². The molecule has 3 aliphatic carbocycles. The highest BCUT2D eigenvalue weighted by atomic mass is 16.4. The normalized spacial score (nSPS) is 30.7. The molecule has 0 spiro atoms. The van der Waals surface area contributed by atoms with Crippen LogP contribution in [0.25, 0.3) is 17.0 Å². The van der Waals surface area contributed by atoms with E-state index in [1.165, 1.54) is 25.2 Å². The van der Waals surface area contributed by atoms with Crippen LogP contribution in [0, 0.1) is 11.8 Å². The van der Waals surface area contributed by atoms with Crippen LogP contribution in [0.15, 0.2) is 53.4 Å². The molecule has 11 heteroatoms. The molecule has 1 aromatic carbocycles. The van der Waals surface area contributed by atoms with Crippen LogP contribution in [0.3, 0.4) is 0 Å². The number of hydrogen-bond donors (Lipinski definition) is 6. The summed E-state index contributed by atoms with van der Waals surface area (Å²) in [5.74, 6) is -9.21. The first kappa shape index (κ1) is 25.6. The van der Waals surface area contributed by atoms with Crippen molar-refractivity contribution >= 4 is 23.2 Å². The Balaban J connectivity index is 1.79. The third-order valence-corrected chi connectivity index (χ3v) is 8.07. The summed E-state index contributed by atoms with van der Waals surface area (Å²) in [6.07, 6.45) is -0.109. The lowest BCUT2D eigenvalue weighted by atomic mass is 9.54. The van der Waals surface area contributed by atoms with Crippen molar-refractivity contribution in [1.82, 2.24) is 9.88 Å². The Kier molecular flexibility index (Phi) is 5.71.